The minimum absolute atomic E-state index is 0.0527. The standard InChI is InChI=1S/C24H27N5O2S/c1-4-32(25,31)22-13-11-21(12-14-22)28-24-26-15-20(23(29-24)27-18(3)16-30)10-9-19-7-5-17(2)6-8-19/h5-8,11-15,18,25,30H,4,16H2,1-3H3,(H2,26,27,28,29)/t18-,32?/m1/s1. The van der Waals surface area contributed by atoms with Gasteiger partial charge in [0.05, 0.1) is 28.1 Å². The van der Waals surface area contributed by atoms with Gasteiger partial charge >= 0.3 is 0 Å². The fourth-order valence-electron chi connectivity index (χ4n) is 2.75. The Bertz CT molecular complexity index is 1230. The second-order valence-corrected chi connectivity index (χ2v) is 9.81. The molecule has 8 heteroatoms. The average molecular weight is 450 g/mol. The van der Waals surface area contributed by atoms with Crippen LogP contribution in [0.2, 0.25) is 0 Å². The number of nitrogens with one attached hydrogen (secondary N) is 3. The van der Waals surface area contributed by atoms with Gasteiger partial charge in [-0.3, -0.25) is 0 Å². The number of aliphatic hydroxyl groups excluding tert-OH is 1. The molecule has 1 heterocycles. The van der Waals surface area contributed by atoms with Crippen LogP contribution in [0, 0.1) is 23.5 Å². The zero-order valence-electron chi connectivity index (χ0n) is 18.3. The molecule has 0 aliphatic rings. The van der Waals surface area contributed by atoms with Gasteiger partial charge in [0.15, 0.2) is 0 Å². The van der Waals surface area contributed by atoms with Crippen molar-refractivity contribution in [3.8, 4) is 11.8 Å². The molecule has 166 valence electrons. The summed E-state index contributed by atoms with van der Waals surface area (Å²) in [4.78, 5) is 9.38. The van der Waals surface area contributed by atoms with Crippen molar-refractivity contribution in [2.75, 3.05) is 23.0 Å². The van der Waals surface area contributed by atoms with Crippen LogP contribution in [0.25, 0.3) is 0 Å². The van der Waals surface area contributed by atoms with Crippen molar-refractivity contribution < 1.29 is 9.32 Å². The Balaban J connectivity index is 1.86. The molecule has 0 spiro atoms. The van der Waals surface area contributed by atoms with E-state index in [1.807, 2.05) is 38.1 Å². The number of hydrogen-bond donors (Lipinski definition) is 4. The smallest absolute Gasteiger partial charge is 0.229 e. The lowest BCUT2D eigenvalue weighted by Crippen LogP contribution is -2.21. The lowest BCUT2D eigenvalue weighted by molar-refractivity contribution is 0.281. The molecule has 0 aliphatic carbocycles. The number of rotatable bonds is 7. The van der Waals surface area contributed by atoms with E-state index >= 15 is 0 Å². The third-order valence-electron chi connectivity index (χ3n) is 4.74. The summed E-state index contributed by atoms with van der Waals surface area (Å²) in [5, 5.41) is 15.7. The first-order valence-corrected chi connectivity index (χ1v) is 12.0. The predicted octanol–water partition coefficient (Wildman–Crippen LogP) is 4.15. The van der Waals surface area contributed by atoms with Crippen molar-refractivity contribution in [1.29, 1.82) is 4.78 Å². The second kappa shape index (κ2) is 10.3. The second-order valence-electron chi connectivity index (χ2n) is 7.41. The first-order chi connectivity index (χ1) is 15.3. The van der Waals surface area contributed by atoms with E-state index < -0.39 is 9.73 Å². The molecule has 0 radical (unpaired) electrons. The Labute approximate surface area is 189 Å². The number of benzene rings is 2. The van der Waals surface area contributed by atoms with Gasteiger partial charge < -0.3 is 15.7 Å². The molecule has 3 rings (SSSR count). The summed E-state index contributed by atoms with van der Waals surface area (Å²) in [7, 11) is -2.76. The van der Waals surface area contributed by atoms with Gasteiger partial charge in [-0.25, -0.2) is 14.0 Å². The Kier molecular flexibility index (Phi) is 7.46. The lowest BCUT2D eigenvalue weighted by atomic mass is 10.1. The molecule has 32 heavy (non-hydrogen) atoms. The minimum atomic E-state index is -2.76. The molecule has 0 fully saturated rings. The third kappa shape index (κ3) is 6.06. The third-order valence-corrected chi connectivity index (χ3v) is 6.58. The Morgan fingerprint density at radius 3 is 2.44 bits per heavy atom. The average Bonchev–Trinajstić information content (AvgIpc) is 2.80. The first kappa shape index (κ1) is 23.3. The van der Waals surface area contributed by atoms with E-state index in [2.05, 4.69) is 32.4 Å². The highest BCUT2D eigenvalue weighted by Crippen LogP contribution is 2.20. The maximum absolute atomic E-state index is 12.2. The van der Waals surface area contributed by atoms with Crippen LogP contribution in [0.15, 0.2) is 59.6 Å². The monoisotopic (exact) mass is 449 g/mol. The molecule has 2 atom stereocenters. The Morgan fingerprint density at radius 2 is 1.81 bits per heavy atom. The van der Waals surface area contributed by atoms with Crippen LogP contribution >= 0.6 is 0 Å². The number of hydrogen-bond acceptors (Lipinski definition) is 7. The van der Waals surface area contributed by atoms with Crippen LogP contribution in [0.1, 0.15) is 30.5 Å². The zero-order chi connectivity index (χ0) is 23.1. The van der Waals surface area contributed by atoms with Gasteiger partial charge in [0, 0.05) is 27.9 Å². The summed E-state index contributed by atoms with van der Waals surface area (Å²) in [5.74, 6) is 7.36. The molecule has 7 nitrogen and oxygen atoms in total. The largest absolute Gasteiger partial charge is 0.394 e. The fourth-order valence-corrected chi connectivity index (χ4v) is 3.66. The fraction of sp³-hybridized carbons (Fsp3) is 0.250. The minimum Gasteiger partial charge on any atom is -0.394 e. The Morgan fingerprint density at radius 1 is 1.12 bits per heavy atom. The van der Waals surface area contributed by atoms with Crippen LogP contribution in [0.4, 0.5) is 17.5 Å². The number of aliphatic hydroxyl groups is 1. The summed E-state index contributed by atoms with van der Waals surface area (Å²) >= 11 is 0. The molecule has 0 saturated heterocycles. The molecule has 1 aromatic heterocycles. The molecular formula is C24H27N5O2S. The highest BCUT2D eigenvalue weighted by molar-refractivity contribution is 7.92. The van der Waals surface area contributed by atoms with Gasteiger partial charge in [-0.2, -0.15) is 4.98 Å². The van der Waals surface area contributed by atoms with Gasteiger partial charge in [-0.15, -0.1) is 0 Å². The van der Waals surface area contributed by atoms with E-state index in [1.165, 1.54) is 5.56 Å². The van der Waals surface area contributed by atoms with Gasteiger partial charge in [0.1, 0.15) is 5.82 Å². The van der Waals surface area contributed by atoms with Gasteiger partial charge in [0.25, 0.3) is 0 Å². The molecule has 0 amide bonds. The molecule has 0 bridgehead atoms. The molecule has 4 N–H and O–H groups in total. The van der Waals surface area contributed by atoms with E-state index in [4.69, 9.17) is 4.78 Å². The van der Waals surface area contributed by atoms with Gasteiger partial charge in [-0.05, 0) is 50.2 Å². The van der Waals surface area contributed by atoms with Gasteiger partial charge in [-0.1, -0.05) is 36.5 Å². The summed E-state index contributed by atoms with van der Waals surface area (Å²) in [6.45, 7) is 5.55. The van der Waals surface area contributed by atoms with Crippen LogP contribution in [-0.2, 0) is 9.73 Å². The summed E-state index contributed by atoms with van der Waals surface area (Å²) < 4.78 is 20.1. The van der Waals surface area contributed by atoms with Crippen molar-refractivity contribution in [3.63, 3.8) is 0 Å². The Hall–Kier alpha value is -3.41. The van der Waals surface area contributed by atoms with Crippen molar-refractivity contribution in [1.82, 2.24) is 9.97 Å². The molecule has 0 aliphatic heterocycles. The van der Waals surface area contributed by atoms with Gasteiger partial charge in [0.2, 0.25) is 5.95 Å². The normalized spacial score (nSPS) is 13.4. The topological polar surface area (TPSA) is 111 Å². The maximum Gasteiger partial charge on any atom is 0.229 e. The molecule has 2 aromatic carbocycles. The number of anilines is 3. The van der Waals surface area contributed by atoms with Crippen molar-refractivity contribution in [3.05, 3.63) is 71.4 Å². The van der Waals surface area contributed by atoms with Crippen molar-refractivity contribution in [2.45, 2.75) is 31.7 Å². The molecule has 3 aromatic rings. The first-order valence-electron chi connectivity index (χ1n) is 10.3. The quantitative estimate of drug-likeness (QED) is 0.403. The SMILES string of the molecule is CCS(=N)(=O)c1ccc(Nc2ncc(C#Cc3ccc(C)cc3)c(N[C@H](C)CO)n2)cc1. The number of nitrogens with zero attached hydrogens (tertiary/aromatic N) is 2. The summed E-state index contributed by atoms with van der Waals surface area (Å²) in [6, 6.07) is 14.6. The zero-order valence-corrected chi connectivity index (χ0v) is 19.2. The number of aromatic nitrogens is 2. The number of aryl methyl sites for hydroxylation is 1. The van der Waals surface area contributed by atoms with Crippen molar-refractivity contribution in [2.24, 2.45) is 0 Å². The van der Waals surface area contributed by atoms with E-state index in [1.54, 1.807) is 37.4 Å². The highest BCUT2D eigenvalue weighted by Gasteiger charge is 2.10. The molecule has 0 saturated carbocycles. The van der Waals surface area contributed by atoms with E-state index in [-0.39, 0.29) is 18.4 Å². The van der Waals surface area contributed by atoms with E-state index in [0.29, 0.717) is 27.9 Å². The molecule has 1 unspecified atom stereocenters. The van der Waals surface area contributed by atoms with Crippen LogP contribution in [0.3, 0.4) is 0 Å². The summed E-state index contributed by atoms with van der Waals surface area (Å²) in [6.07, 6.45) is 1.63. The van der Waals surface area contributed by atoms with E-state index in [9.17, 15) is 9.32 Å². The van der Waals surface area contributed by atoms with Crippen LogP contribution in [0.5, 0.6) is 0 Å². The summed E-state index contributed by atoms with van der Waals surface area (Å²) in [5.41, 5.74) is 3.38. The molecular weight excluding hydrogens is 422 g/mol. The van der Waals surface area contributed by atoms with Crippen molar-refractivity contribution >= 4 is 27.2 Å². The van der Waals surface area contributed by atoms with E-state index in [0.717, 1.165) is 5.56 Å². The highest BCUT2D eigenvalue weighted by atomic mass is 32.2. The predicted molar refractivity (Wildman–Crippen MR) is 129 cm³/mol. The lowest BCUT2D eigenvalue weighted by Gasteiger charge is -2.14. The maximum atomic E-state index is 12.2. The van der Waals surface area contributed by atoms with Crippen LogP contribution in [-0.4, -0.2) is 37.7 Å². The van der Waals surface area contributed by atoms with Crippen LogP contribution < -0.4 is 10.6 Å².